The second-order valence-corrected chi connectivity index (χ2v) is 3.24. The van der Waals surface area contributed by atoms with E-state index in [1.54, 1.807) is 6.92 Å². The second kappa shape index (κ2) is 3.31. The highest BCUT2D eigenvalue weighted by Crippen LogP contribution is 2.08. The van der Waals surface area contributed by atoms with E-state index in [-0.39, 0.29) is 6.10 Å². The van der Waals surface area contributed by atoms with Crippen LogP contribution in [0.1, 0.15) is 6.92 Å². The smallest absolute Gasteiger partial charge is 0.407 e. The third-order valence-corrected chi connectivity index (χ3v) is 1.21. The van der Waals surface area contributed by atoms with Gasteiger partial charge >= 0.3 is 6.09 Å². The molecule has 4 nitrogen and oxygen atoms in total. The summed E-state index contributed by atoms with van der Waals surface area (Å²) in [7, 11) is 0. The van der Waals surface area contributed by atoms with Crippen molar-refractivity contribution in [3.8, 4) is 0 Å². The Morgan fingerprint density at radius 3 is 2.83 bits per heavy atom. The standard InChI is InChI=1S/C8H13NO3/c1-8(2,3)9-7(10)12-5-6-4-11-6/h6H,1-2,4-5H2,3H3,(H,9,10). The number of ether oxygens (including phenoxy) is 2. The molecule has 1 N–H and O–H groups in total. The molecule has 0 spiro atoms. The Kier molecular flexibility index (Phi) is 2.57. The van der Waals surface area contributed by atoms with Gasteiger partial charge in [0, 0.05) is 5.54 Å². The lowest BCUT2D eigenvalue weighted by molar-refractivity contribution is 0.131. The fraction of sp³-hybridized carbons (Fsp3) is 0.625. The Bertz CT molecular complexity index is 170. The van der Waals surface area contributed by atoms with Gasteiger partial charge in [-0.05, 0) is 20.8 Å². The van der Waals surface area contributed by atoms with E-state index in [0.717, 1.165) is 0 Å². The van der Waals surface area contributed by atoms with Gasteiger partial charge in [0.25, 0.3) is 0 Å². The van der Waals surface area contributed by atoms with Crippen molar-refractivity contribution in [2.45, 2.75) is 18.6 Å². The molecule has 2 radical (unpaired) electrons. The molecule has 1 rings (SSSR count). The van der Waals surface area contributed by atoms with Crippen molar-refractivity contribution in [2.24, 2.45) is 0 Å². The Labute approximate surface area is 72.2 Å². The molecule has 1 unspecified atom stereocenters. The molecule has 0 bridgehead atoms. The summed E-state index contributed by atoms with van der Waals surface area (Å²) in [6.07, 6.45) is -0.408. The summed E-state index contributed by atoms with van der Waals surface area (Å²) in [6.45, 7) is 9.87. The average Bonchev–Trinajstić information content (AvgIpc) is 2.61. The first kappa shape index (κ1) is 9.32. The van der Waals surface area contributed by atoms with Gasteiger partial charge in [0.1, 0.15) is 12.7 Å². The van der Waals surface area contributed by atoms with Gasteiger partial charge < -0.3 is 14.8 Å². The van der Waals surface area contributed by atoms with E-state index in [2.05, 4.69) is 19.2 Å². The Morgan fingerprint density at radius 2 is 2.42 bits per heavy atom. The van der Waals surface area contributed by atoms with Crippen LogP contribution >= 0.6 is 0 Å². The van der Waals surface area contributed by atoms with Crippen LogP contribution in [0.3, 0.4) is 0 Å². The third-order valence-electron chi connectivity index (χ3n) is 1.21. The van der Waals surface area contributed by atoms with E-state index in [1.807, 2.05) is 0 Å². The van der Waals surface area contributed by atoms with Crippen molar-refractivity contribution in [1.82, 2.24) is 5.32 Å². The molecule has 1 amide bonds. The molecule has 1 fully saturated rings. The van der Waals surface area contributed by atoms with Crippen LogP contribution in [-0.4, -0.2) is 30.9 Å². The lowest BCUT2D eigenvalue weighted by Gasteiger charge is -2.19. The first-order chi connectivity index (χ1) is 5.47. The van der Waals surface area contributed by atoms with Gasteiger partial charge in [-0.15, -0.1) is 0 Å². The number of epoxide rings is 1. The second-order valence-electron chi connectivity index (χ2n) is 3.24. The normalized spacial score (nSPS) is 21.8. The van der Waals surface area contributed by atoms with Crippen molar-refractivity contribution in [1.29, 1.82) is 0 Å². The van der Waals surface area contributed by atoms with Crippen molar-refractivity contribution in [3.05, 3.63) is 13.8 Å². The minimum Gasteiger partial charge on any atom is -0.447 e. The van der Waals surface area contributed by atoms with E-state index < -0.39 is 11.6 Å². The lowest BCUT2D eigenvalue weighted by atomic mass is 10.1. The van der Waals surface area contributed by atoms with Crippen LogP contribution in [0.4, 0.5) is 4.79 Å². The Balaban J connectivity index is 2.10. The Morgan fingerprint density at radius 1 is 1.83 bits per heavy atom. The van der Waals surface area contributed by atoms with E-state index in [0.29, 0.717) is 13.2 Å². The van der Waals surface area contributed by atoms with Crippen molar-refractivity contribution < 1.29 is 14.3 Å². The topological polar surface area (TPSA) is 50.9 Å². The minimum absolute atomic E-state index is 0.0941. The average molecular weight is 171 g/mol. The molecule has 1 aliphatic heterocycles. The maximum atomic E-state index is 10.9. The minimum atomic E-state index is -0.735. The monoisotopic (exact) mass is 171 g/mol. The van der Waals surface area contributed by atoms with Crippen LogP contribution in [0.5, 0.6) is 0 Å². The van der Waals surface area contributed by atoms with Gasteiger partial charge in [0.15, 0.2) is 0 Å². The lowest BCUT2D eigenvalue weighted by Crippen LogP contribution is -2.41. The van der Waals surface area contributed by atoms with E-state index in [1.165, 1.54) is 0 Å². The highest BCUT2D eigenvalue weighted by molar-refractivity contribution is 5.68. The third kappa shape index (κ3) is 4.18. The summed E-state index contributed by atoms with van der Waals surface area (Å²) in [5, 5.41) is 2.46. The molecule has 1 atom stereocenters. The van der Waals surface area contributed by atoms with Crippen molar-refractivity contribution in [3.63, 3.8) is 0 Å². The van der Waals surface area contributed by atoms with Crippen molar-refractivity contribution >= 4 is 6.09 Å². The van der Waals surface area contributed by atoms with Gasteiger partial charge in [0.05, 0.1) is 6.61 Å². The summed E-state index contributed by atoms with van der Waals surface area (Å²) < 4.78 is 9.64. The van der Waals surface area contributed by atoms with Crippen LogP contribution in [0.25, 0.3) is 0 Å². The number of nitrogens with one attached hydrogen (secondary N) is 1. The zero-order valence-corrected chi connectivity index (χ0v) is 7.13. The number of hydrogen-bond donors (Lipinski definition) is 1. The predicted octanol–water partition coefficient (Wildman–Crippen LogP) is 0.538. The summed E-state index contributed by atoms with van der Waals surface area (Å²) >= 11 is 0. The summed E-state index contributed by atoms with van der Waals surface area (Å²) in [4.78, 5) is 10.9. The molecule has 0 saturated carbocycles. The van der Waals surface area contributed by atoms with Gasteiger partial charge in [-0.25, -0.2) is 4.79 Å². The SMILES string of the molecule is [CH2]C([CH2])(C)NC(=O)OCC1CO1. The fourth-order valence-corrected chi connectivity index (χ4v) is 0.615. The van der Waals surface area contributed by atoms with Gasteiger partial charge in [-0.2, -0.15) is 0 Å². The van der Waals surface area contributed by atoms with Crippen LogP contribution in [-0.2, 0) is 9.47 Å². The zero-order valence-electron chi connectivity index (χ0n) is 7.13. The van der Waals surface area contributed by atoms with Gasteiger partial charge in [0.2, 0.25) is 0 Å². The van der Waals surface area contributed by atoms with Gasteiger partial charge in [-0.3, -0.25) is 0 Å². The highest BCUT2D eigenvalue weighted by Gasteiger charge is 2.25. The van der Waals surface area contributed by atoms with Crippen LogP contribution in [0.15, 0.2) is 0 Å². The number of rotatable bonds is 3. The molecular formula is C8H13NO3. The van der Waals surface area contributed by atoms with E-state index in [9.17, 15) is 4.79 Å². The first-order valence-electron chi connectivity index (χ1n) is 3.74. The molecule has 0 aromatic heterocycles. The number of carbonyl (C=O) groups excluding carboxylic acids is 1. The fourth-order valence-electron chi connectivity index (χ4n) is 0.615. The molecular weight excluding hydrogens is 158 g/mol. The van der Waals surface area contributed by atoms with Crippen LogP contribution < -0.4 is 5.32 Å². The first-order valence-corrected chi connectivity index (χ1v) is 3.74. The molecule has 68 valence electrons. The number of amides is 1. The van der Waals surface area contributed by atoms with Gasteiger partial charge in [-0.1, -0.05) is 0 Å². The quantitative estimate of drug-likeness (QED) is 0.630. The van der Waals surface area contributed by atoms with Crippen molar-refractivity contribution in [2.75, 3.05) is 13.2 Å². The maximum Gasteiger partial charge on any atom is 0.407 e. The Hall–Kier alpha value is -0.770. The molecule has 1 aliphatic rings. The zero-order chi connectivity index (χ0) is 9.19. The molecule has 12 heavy (non-hydrogen) atoms. The maximum absolute atomic E-state index is 10.9. The number of carbonyl (C=O) groups is 1. The molecule has 0 aliphatic carbocycles. The predicted molar refractivity (Wildman–Crippen MR) is 43.3 cm³/mol. The largest absolute Gasteiger partial charge is 0.447 e. The number of alkyl carbamates (subject to hydrolysis) is 1. The summed E-state index contributed by atoms with van der Waals surface area (Å²) in [5.41, 5.74) is -0.735. The van der Waals surface area contributed by atoms with Crippen LogP contribution in [0, 0.1) is 13.8 Å². The summed E-state index contributed by atoms with van der Waals surface area (Å²) in [6, 6.07) is 0. The molecule has 0 aromatic rings. The summed E-state index contributed by atoms with van der Waals surface area (Å²) in [5.74, 6) is 0. The highest BCUT2D eigenvalue weighted by atomic mass is 16.6. The molecule has 4 heteroatoms. The molecule has 1 saturated heterocycles. The molecule has 0 aromatic carbocycles. The number of hydrogen-bond acceptors (Lipinski definition) is 3. The van der Waals surface area contributed by atoms with E-state index in [4.69, 9.17) is 9.47 Å². The van der Waals surface area contributed by atoms with E-state index >= 15 is 0 Å². The van der Waals surface area contributed by atoms with Crippen LogP contribution in [0.2, 0.25) is 0 Å². The molecule has 1 heterocycles.